The lowest BCUT2D eigenvalue weighted by molar-refractivity contribution is 0.444. The zero-order valence-corrected chi connectivity index (χ0v) is 20.6. The van der Waals surface area contributed by atoms with Crippen molar-refractivity contribution < 1.29 is 17.6 Å². The highest BCUT2D eigenvalue weighted by molar-refractivity contribution is 6.34. The molecule has 0 aliphatic rings. The molecule has 0 atom stereocenters. The molecule has 0 bridgehead atoms. The van der Waals surface area contributed by atoms with Gasteiger partial charge in [0.1, 0.15) is 5.82 Å². The van der Waals surface area contributed by atoms with Gasteiger partial charge >= 0.3 is 11.4 Å². The van der Waals surface area contributed by atoms with Gasteiger partial charge < -0.3 is 10.3 Å². The summed E-state index contributed by atoms with van der Waals surface area (Å²) in [7, 11) is 1.70. The van der Waals surface area contributed by atoms with Gasteiger partial charge in [0.15, 0.2) is 17.5 Å². The van der Waals surface area contributed by atoms with Crippen LogP contribution >= 0.6 is 11.6 Å². The van der Waals surface area contributed by atoms with E-state index >= 15 is 0 Å². The summed E-state index contributed by atoms with van der Waals surface area (Å²) in [5.74, 6) is -5.88. The minimum atomic E-state index is -1.70. The second-order valence-electron chi connectivity index (χ2n) is 8.54. The number of pyridine rings is 1. The Labute approximate surface area is 219 Å². The Morgan fingerprint density at radius 3 is 2.41 bits per heavy atom. The summed E-state index contributed by atoms with van der Waals surface area (Å²) in [4.78, 5) is 44.5. The molecule has 2 aromatic carbocycles. The predicted octanol–water partition coefficient (Wildman–Crippen LogP) is 3.03. The average molecular weight is 562 g/mol. The second kappa shape index (κ2) is 9.87. The highest BCUT2D eigenvalue weighted by atomic mass is 35.5. The first-order chi connectivity index (χ1) is 18.5. The van der Waals surface area contributed by atoms with Crippen LogP contribution in [0.25, 0.3) is 10.9 Å². The maximum absolute atomic E-state index is 13.9. The number of anilines is 2. The van der Waals surface area contributed by atoms with Crippen molar-refractivity contribution in [2.24, 2.45) is 7.05 Å². The van der Waals surface area contributed by atoms with Crippen molar-refractivity contribution in [1.29, 1.82) is 0 Å². The average Bonchev–Trinajstić information content (AvgIpc) is 3.23. The van der Waals surface area contributed by atoms with E-state index in [1.54, 1.807) is 24.0 Å². The van der Waals surface area contributed by atoms with Gasteiger partial charge in [0.25, 0.3) is 5.56 Å². The topological polar surface area (TPSA) is 120 Å². The van der Waals surface area contributed by atoms with Gasteiger partial charge in [0.2, 0.25) is 5.95 Å². The van der Waals surface area contributed by atoms with Gasteiger partial charge in [0.05, 0.1) is 29.3 Å². The smallest absolute Gasteiger partial charge is 0.326 e. The van der Waals surface area contributed by atoms with Crippen LogP contribution in [0.2, 0.25) is 5.02 Å². The van der Waals surface area contributed by atoms with E-state index in [0.717, 1.165) is 16.8 Å². The number of H-pyrrole nitrogens is 1. The first-order valence-electron chi connectivity index (χ1n) is 11.1. The van der Waals surface area contributed by atoms with Crippen molar-refractivity contribution in [2.45, 2.75) is 13.1 Å². The Hall–Kier alpha value is -4.72. The first-order valence-corrected chi connectivity index (χ1v) is 11.5. The number of hydrogen-bond acceptors (Lipinski definition) is 6. The molecule has 5 aromatic rings. The fourth-order valence-electron chi connectivity index (χ4n) is 3.96. The van der Waals surface area contributed by atoms with E-state index in [9.17, 15) is 31.9 Å². The molecule has 2 N–H and O–H groups in total. The number of nitrogens with zero attached hydrogens (tertiary/aromatic N) is 5. The number of fused-ring (bicyclic) bond motifs is 1. The molecule has 0 radical (unpaired) electrons. The summed E-state index contributed by atoms with van der Waals surface area (Å²) in [6, 6.07) is 5.31. The molecule has 0 aliphatic heterocycles. The van der Waals surface area contributed by atoms with Gasteiger partial charge in [-0.3, -0.25) is 14.0 Å². The third-order valence-corrected chi connectivity index (χ3v) is 6.07. The Bertz CT molecular complexity index is 1920. The summed E-state index contributed by atoms with van der Waals surface area (Å²) in [5.41, 5.74) is -2.59. The van der Waals surface area contributed by atoms with Crippen LogP contribution in [0.5, 0.6) is 0 Å². The van der Waals surface area contributed by atoms with Crippen LogP contribution in [0.4, 0.5) is 29.2 Å². The molecule has 0 unspecified atom stereocenters. The minimum Gasteiger partial charge on any atom is -0.326 e. The van der Waals surface area contributed by atoms with Gasteiger partial charge in [-0.05, 0) is 35.9 Å². The Morgan fingerprint density at radius 1 is 0.974 bits per heavy atom. The van der Waals surface area contributed by atoms with Gasteiger partial charge in [-0.25, -0.2) is 31.7 Å². The van der Waals surface area contributed by atoms with Crippen LogP contribution in [0.15, 0.2) is 57.1 Å². The highest BCUT2D eigenvalue weighted by Crippen LogP contribution is 2.29. The number of nitrogens with one attached hydrogen (secondary N) is 2. The first kappa shape index (κ1) is 25.9. The Morgan fingerprint density at radius 2 is 1.69 bits per heavy atom. The molecule has 39 heavy (non-hydrogen) atoms. The highest BCUT2D eigenvalue weighted by Gasteiger charge is 2.19. The molecule has 0 saturated carbocycles. The molecule has 5 rings (SSSR count). The molecule has 0 aliphatic carbocycles. The summed E-state index contributed by atoms with van der Waals surface area (Å²) in [6.07, 6.45) is 2.49. The molecule has 200 valence electrons. The van der Waals surface area contributed by atoms with Crippen LogP contribution in [-0.2, 0) is 20.1 Å². The van der Waals surface area contributed by atoms with Gasteiger partial charge in [-0.1, -0.05) is 11.6 Å². The molecule has 3 aromatic heterocycles. The monoisotopic (exact) mass is 561 g/mol. The second-order valence-corrected chi connectivity index (χ2v) is 8.94. The summed E-state index contributed by atoms with van der Waals surface area (Å²) < 4.78 is 58.0. The van der Waals surface area contributed by atoms with E-state index in [0.29, 0.717) is 27.6 Å². The van der Waals surface area contributed by atoms with E-state index in [2.05, 4.69) is 20.4 Å². The van der Waals surface area contributed by atoms with Crippen LogP contribution in [0.1, 0.15) is 11.1 Å². The predicted molar refractivity (Wildman–Crippen MR) is 133 cm³/mol. The van der Waals surface area contributed by atoms with Crippen molar-refractivity contribution in [2.75, 3.05) is 5.32 Å². The maximum atomic E-state index is 13.9. The van der Waals surface area contributed by atoms with Gasteiger partial charge in [-0.15, -0.1) is 0 Å². The quantitative estimate of drug-likeness (QED) is 0.243. The van der Waals surface area contributed by atoms with Crippen molar-refractivity contribution in [1.82, 2.24) is 28.9 Å². The fourth-order valence-corrected chi connectivity index (χ4v) is 4.16. The van der Waals surface area contributed by atoms with Crippen LogP contribution in [0.3, 0.4) is 0 Å². The van der Waals surface area contributed by atoms with E-state index in [1.807, 2.05) is 0 Å². The van der Waals surface area contributed by atoms with E-state index in [-0.39, 0.29) is 27.8 Å². The Balaban J connectivity index is 1.66. The van der Waals surface area contributed by atoms with Crippen molar-refractivity contribution in [3.05, 3.63) is 113 Å². The molecular formula is C24H16ClF4N7O3. The van der Waals surface area contributed by atoms with E-state index in [4.69, 9.17) is 11.6 Å². The van der Waals surface area contributed by atoms with E-state index < -0.39 is 53.3 Å². The Kier molecular flexibility index (Phi) is 6.56. The molecule has 10 nitrogen and oxygen atoms in total. The van der Waals surface area contributed by atoms with Crippen molar-refractivity contribution >= 4 is 34.1 Å². The van der Waals surface area contributed by atoms with Crippen LogP contribution in [-0.4, -0.2) is 28.9 Å². The van der Waals surface area contributed by atoms with Crippen LogP contribution in [0, 0.1) is 23.3 Å². The SMILES string of the molecule is Cn1cc2cc(Nc3nc(=O)n(Cc4cc(F)c[nH]c4=O)c(=O)n3Cc3cc(F)c(F)c(F)c3)c(Cl)cc2n1. The van der Waals surface area contributed by atoms with Crippen molar-refractivity contribution in [3.8, 4) is 0 Å². The standard InChI is InChI=1S/C24H16ClF4N7O3/c1-34-9-12-5-19(15(25)6-18(12)33-34)31-22-32-23(38)36(10-13-4-14(26)7-30-21(13)37)24(39)35(22)8-11-2-16(27)20(29)17(28)3-11/h2-7,9H,8,10H2,1H3,(H,30,37)(H,31,32,38). The van der Waals surface area contributed by atoms with Crippen molar-refractivity contribution in [3.63, 3.8) is 0 Å². The molecule has 15 heteroatoms. The molecule has 0 amide bonds. The maximum Gasteiger partial charge on any atom is 0.355 e. The molecule has 3 heterocycles. The summed E-state index contributed by atoms with van der Waals surface area (Å²) in [6.45, 7) is -1.23. The number of halogens is 5. The molecule has 0 saturated heterocycles. The third kappa shape index (κ3) is 5.05. The fraction of sp³-hybridized carbons (Fsp3) is 0.125. The van der Waals surface area contributed by atoms with Gasteiger partial charge in [-0.2, -0.15) is 10.1 Å². The number of aromatic nitrogens is 6. The number of hydrogen-bond donors (Lipinski definition) is 2. The van der Waals surface area contributed by atoms with E-state index in [1.165, 1.54) is 6.07 Å². The van der Waals surface area contributed by atoms with Gasteiger partial charge in [0, 0.05) is 30.4 Å². The zero-order chi connectivity index (χ0) is 28.0. The third-order valence-electron chi connectivity index (χ3n) is 5.76. The number of aromatic amines is 1. The summed E-state index contributed by atoms with van der Waals surface area (Å²) >= 11 is 6.36. The number of benzene rings is 2. The lowest BCUT2D eigenvalue weighted by Crippen LogP contribution is -2.43. The van der Waals surface area contributed by atoms with Crippen LogP contribution < -0.4 is 22.3 Å². The lowest BCUT2D eigenvalue weighted by atomic mass is 10.2. The number of rotatable bonds is 6. The minimum absolute atomic E-state index is 0.149. The molecule has 0 fully saturated rings. The summed E-state index contributed by atoms with van der Waals surface area (Å²) in [5, 5.41) is 7.81. The largest absolute Gasteiger partial charge is 0.355 e. The lowest BCUT2D eigenvalue weighted by Gasteiger charge is -2.16. The zero-order valence-electron chi connectivity index (χ0n) is 19.8. The normalized spacial score (nSPS) is 11.3. The molecule has 0 spiro atoms. The molecular weight excluding hydrogens is 546 g/mol. The number of aryl methyl sites for hydroxylation is 1.